The number of hydrogen-bond acceptors (Lipinski definition) is 2. The molecule has 0 saturated carbocycles. The van der Waals surface area contributed by atoms with Crippen LogP contribution in [0.3, 0.4) is 0 Å². The summed E-state index contributed by atoms with van der Waals surface area (Å²) in [5.41, 5.74) is 11.3. The van der Waals surface area contributed by atoms with Gasteiger partial charge in [0, 0.05) is 4.47 Å². The molecule has 0 atom stereocenters. The lowest BCUT2D eigenvalue weighted by Crippen LogP contribution is -2.04. The normalized spacial score (nSPS) is 10.9. The van der Waals surface area contributed by atoms with Crippen LogP contribution in [0.15, 0.2) is 22.7 Å². The highest BCUT2D eigenvalue weighted by Gasteiger charge is 2.15. The Morgan fingerprint density at radius 3 is 2.56 bits per heavy atom. The number of halogens is 1. The van der Waals surface area contributed by atoms with E-state index in [1.807, 2.05) is 10.7 Å². The summed E-state index contributed by atoms with van der Waals surface area (Å²) in [7, 11) is 0. The molecule has 1 heterocycles. The molecule has 0 unspecified atom stereocenters. The quantitative estimate of drug-likeness (QED) is 0.940. The summed E-state index contributed by atoms with van der Waals surface area (Å²) in [5.74, 6) is 0. The third-order valence-corrected chi connectivity index (χ3v) is 3.65. The minimum atomic E-state index is 0.835. The van der Waals surface area contributed by atoms with Crippen molar-refractivity contribution in [3.8, 4) is 5.69 Å². The smallest absolute Gasteiger partial charge is 0.0858 e. The third kappa shape index (κ3) is 2.17. The van der Waals surface area contributed by atoms with Crippen molar-refractivity contribution in [1.29, 1.82) is 0 Å². The lowest BCUT2D eigenvalue weighted by Gasteiger charge is -2.09. The summed E-state index contributed by atoms with van der Waals surface area (Å²) < 4.78 is 3.06. The van der Waals surface area contributed by atoms with Gasteiger partial charge in [-0.2, -0.15) is 5.10 Å². The van der Waals surface area contributed by atoms with Gasteiger partial charge in [-0.3, -0.25) is 0 Å². The van der Waals surface area contributed by atoms with Gasteiger partial charge in [0.15, 0.2) is 0 Å². The Bertz CT molecular complexity index is 573. The molecule has 18 heavy (non-hydrogen) atoms. The Morgan fingerprint density at radius 2 is 2.00 bits per heavy atom. The summed E-state index contributed by atoms with van der Waals surface area (Å²) in [6, 6.07) is 6.20. The zero-order chi connectivity index (χ0) is 13.3. The fourth-order valence-corrected chi connectivity index (χ4v) is 2.65. The Kier molecular flexibility index (Phi) is 3.76. The number of nitrogens with zero attached hydrogens (tertiary/aromatic N) is 2. The summed E-state index contributed by atoms with van der Waals surface area (Å²) in [6.07, 6.45) is 1.75. The molecule has 2 aromatic rings. The molecule has 96 valence electrons. The maximum Gasteiger partial charge on any atom is 0.0858 e. The molecule has 1 aromatic heterocycles. The summed E-state index contributed by atoms with van der Waals surface area (Å²) in [4.78, 5) is 0. The number of aromatic nitrogens is 2. The number of anilines is 1. The highest BCUT2D eigenvalue weighted by atomic mass is 79.9. The summed E-state index contributed by atoms with van der Waals surface area (Å²) >= 11 is 3.48. The Labute approximate surface area is 116 Å². The topological polar surface area (TPSA) is 43.8 Å². The Morgan fingerprint density at radius 1 is 1.28 bits per heavy atom. The molecule has 0 aliphatic rings. The van der Waals surface area contributed by atoms with Gasteiger partial charge in [0.05, 0.1) is 22.8 Å². The second-order valence-electron chi connectivity index (χ2n) is 4.36. The average molecular weight is 308 g/mol. The summed E-state index contributed by atoms with van der Waals surface area (Å²) in [5, 5.41) is 4.64. The first kappa shape index (κ1) is 13.1. The van der Waals surface area contributed by atoms with Crippen molar-refractivity contribution >= 4 is 21.6 Å². The van der Waals surface area contributed by atoms with E-state index in [1.165, 1.54) is 5.56 Å². The van der Waals surface area contributed by atoms with Gasteiger partial charge < -0.3 is 5.73 Å². The van der Waals surface area contributed by atoms with Crippen LogP contribution in [0.2, 0.25) is 0 Å². The zero-order valence-electron chi connectivity index (χ0n) is 11.0. The van der Waals surface area contributed by atoms with Crippen molar-refractivity contribution in [3.63, 3.8) is 0 Å². The van der Waals surface area contributed by atoms with Gasteiger partial charge in [-0.1, -0.05) is 29.8 Å². The van der Waals surface area contributed by atoms with E-state index in [1.54, 1.807) is 0 Å². The molecular formula is C14H18BrN3. The van der Waals surface area contributed by atoms with E-state index in [0.29, 0.717) is 0 Å². The molecular weight excluding hydrogens is 290 g/mol. The lowest BCUT2D eigenvalue weighted by atomic mass is 10.2. The van der Waals surface area contributed by atoms with Crippen LogP contribution in [-0.2, 0) is 12.8 Å². The van der Waals surface area contributed by atoms with Crippen LogP contribution in [0.5, 0.6) is 0 Å². The minimum Gasteiger partial charge on any atom is -0.396 e. The van der Waals surface area contributed by atoms with Gasteiger partial charge >= 0.3 is 0 Å². The number of rotatable bonds is 3. The molecule has 4 heteroatoms. The average Bonchev–Trinajstić information content (AvgIpc) is 2.65. The van der Waals surface area contributed by atoms with Crippen LogP contribution < -0.4 is 5.73 Å². The summed E-state index contributed by atoms with van der Waals surface area (Å²) in [6.45, 7) is 6.28. The van der Waals surface area contributed by atoms with Crippen molar-refractivity contribution in [1.82, 2.24) is 9.78 Å². The van der Waals surface area contributed by atoms with E-state index in [4.69, 9.17) is 5.73 Å². The number of benzene rings is 1. The molecule has 1 aromatic carbocycles. The van der Waals surface area contributed by atoms with E-state index in [0.717, 1.165) is 40.1 Å². The first-order valence-corrected chi connectivity index (χ1v) is 7.00. The number of nitrogens with two attached hydrogens (primary N) is 1. The van der Waals surface area contributed by atoms with Gasteiger partial charge in [0.1, 0.15) is 0 Å². The van der Waals surface area contributed by atoms with Crippen molar-refractivity contribution in [2.45, 2.75) is 33.6 Å². The van der Waals surface area contributed by atoms with Gasteiger partial charge in [-0.05, 0) is 43.5 Å². The van der Waals surface area contributed by atoms with Crippen molar-refractivity contribution in [3.05, 3.63) is 39.6 Å². The fraction of sp³-hybridized carbons (Fsp3) is 0.357. The van der Waals surface area contributed by atoms with E-state index >= 15 is 0 Å². The molecule has 0 amide bonds. The van der Waals surface area contributed by atoms with E-state index < -0.39 is 0 Å². The van der Waals surface area contributed by atoms with Crippen molar-refractivity contribution < 1.29 is 0 Å². The zero-order valence-corrected chi connectivity index (χ0v) is 12.6. The van der Waals surface area contributed by atoms with E-state index in [9.17, 15) is 0 Å². The minimum absolute atomic E-state index is 0.835. The highest BCUT2D eigenvalue weighted by Crippen LogP contribution is 2.25. The molecule has 0 spiro atoms. The molecule has 0 saturated heterocycles. The van der Waals surface area contributed by atoms with Crippen molar-refractivity contribution in [2.24, 2.45) is 0 Å². The van der Waals surface area contributed by atoms with Crippen LogP contribution in [0.25, 0.3) is 5.69 Å². The Balaban J connectivity index is 2.63. The van der Waals surface area contributed by atoms with E-state index in [-0.39, 0.29) is 0 Å². The maximum atomic E-state index is 6.15. The lowest BCUT2D eigenvalue weighted by molar-refractivity contribution is 0.789. The number of hydrogen-bond donors (Lipinski definition) is 1. The van der Waals surface area contributed by atoms with Gasteiger partial charge in [0.2, 0.25) is 0 Å². The van der Waals surface area contributed by atoms with Gasteiger partial charge in [-0.25, -0.2) is 4.68 Å². The Hall–Kier alpha value is -1.29. The predicted molar refractivity (Wildman–Crippen MR) is 79.2 cm³/mol. The molecule has 0 bridgehead atoms. The van der Waals surface area contributed by atoms with Crippen LogP contribution in [0.1, 0.15) is 30.8 Å². The standard InChI is InChI=1S/C14H18BrN3/c1-4-11-14(16)12(5-2)18(17-11)13-7-6-10(15)8-9(13)3/h6-8H,4-5,16H2,1-3H3. The fourth-order valence-electron chi connectivity index (χ4n) is 2.17. The number of nitrogen functional groups attached to an aromatic ring is 1. The molecule has 2 rings (SSSR count). The first-order chi connectivity index (χ1) is 8.58. The highest BCUT2D eigenvalue weighted by molar-refractivity contribution is 9.10. The first-order valence-electron chi connectivity index (χ1n) is 6.21. The monoisotopic (exact) mass is 307 g/mol. The van der Waals surface area contributed by atoms with Crippen LogP contribution in [0.4, 0.5) is 5.69 Å². The second kappa shape index (κ2) is 5.14. The maximum absolute atomic E-state index is 6.15. The molecule has 0 radical (unpaired) electrons. The predicted octanol–water partition coefficient (Wildman–Crippen LogP) is 3.65. The number of aryl methyl sites for hydroxylation is 2. The van der Waals surface area contributed by atoms with Crippen LogP contribution in [-0.4, -0.2) is 9.78 Å². The van der Waals surface area contributed by atoms with Gasteiger partial charge in [-0.15, -0.1) is 0 Å². The molecule has 2 N–H and O–H groups in total. The van der Waals surface area contributed by atoms with Crippen LogP contribution in [0, 0.1) is 6.92 Å². The van der Waals surface area contributed by atoms with E-state index in [2.05, 4.69) is 53.9 Å². The van der Waals surface area contributed by atoms with Gasteiger partial charge in [0.25, 0.3) is 0 Å². The molecule has 0 aliphatic heterocycles. The van der Waals surface area contributed by atoms with Crippen LogP contribution >= 0.6 is 15.9 Å². The second-order valence-corrected chi connectivity index (χ2v) is 5.27. The largest absolute Gasteiger partial charge is 0.396 e. The van der Waals surface area contributed by atoms with Crippen molar-refractivity contribution in [2.75, 3.05) is 5.73 Å². The molecule has 3 nitrogen and oxygen atoms in total. The molecule has 0 fully saturated rings. The third-order valence-electron chi connectivity index (χ3n) is 3.15. The molecule has 0 aliphatic carbocycles. The SMILES string of the molecule is CCc1nn(-c2ccc(Br)cc2C)c(CC)c1N.